The first-order chi connectivity index (χ1) is 25.5. The van der Waals surface area contributed by atoms with Crippen LogP contribution in [0, 0.1) is 17.3 Å². The lowest BCUT2D eigenvalue weighted by molar-refractivity contribution is -0.284. The molecule has 0 bridgehead atoms. The van der Waals surface area contributed by atoms with Gasteiger partial charge in [-0.2, -0.15) is 33.7 Å². The van der Waals surface area contributed by atoms with Crippen LogP contribution in [-0.4, -0.2) is 62.1 Å². The van der Waals surface area contributed by atoms with Crippen molar-refractivity contribution in [1.29, 1.82) is 0 Å². The summed E-state index contributed by atoms with van der Waals surface area (Å²) in [5.41, 5.74) is 2.66. The molecule has 3 aliphatic carbocycles. The van der Waals surface area contributed by atoms with Gasteiger partial charge in [0.2, 0.25) is 0 Å². The molecule has 0 unspecified atom stereocenters. The van der Waals surface area contributed by atoms with Crippen LogP contribution in [0.1, 0.15) is 146 Å². The number of unbranched alkanes of at least 4 members (excludes halogenated alkanes) is 6. The Labute approximate surface area is 317 Å². The van der Waals surface area contributed by atoms with E-state index in [1.807, 2.05) is 0 Å². The van der Waals surface area contributed by atoms with E-state index in [-0.39, 0.29) is 30.5 Å². The Morgan fingerprint density at radius 3 is 2.21 bits per heavy atom. The summed E-state index contributed by atoms with van der Waals surface area (Å²) in [6, 6.07) is 6.60. The molecule has 0 radical (unpaired) electrons. The maximum Gasteiger partial charge on any atom is 0.453 e. The third-order valence-electron chi connectivity index (χ3n) is 12.5. The number of allylic oxidation sites excluding steroid dienone is 1. The van der Waals surface area contributed by atoms with Gasteiger partial charge in [0.15, 0.2) is 12.6 Å². The van der Waals surface area contributed by atoms with Gasteiger partial charge in [0, 0.05) is 25.0 Å². The number of hydrogen-bond acceptors (Lipinski definition) is 6. The second-order valence-corrected chi connectivity index (χ2v) is 17.5. The Balaban J connectivity index is 0.976. The summed E-state index contributed by atoms with van der Waals surface area (Å²) in [6.45, 7) is 4.67. The van der Waals surface area contributed by atoms with Crippen LogP contribution in [0.4, 0.5) is 22.0 Å². The summed E-state index contributed by atoms with van der Waals surface area (Å²) in [4.78, 5) is 0. The van der Waals surface area contributed by atoms with Crippen molar-refractivity contribution in [2.75, 3.05) is 31.3 Å². The van der Waals surface area contributed by atoms with E-state index in [1.165, 1.54) is 23.7 Å². The highest BCUT2D eigenvalue weighted by molar-refractivity contribution is 7.99. The van der Waals surface area contributed by atoms with Crippen molar-refractivity contribution in [2.45, 2.75) is 166 Å². The van der Waals surface area contributed by atoms with Crippen molar-refractivity contribution in [3.05, 3.63) is 35.4 Å². The third-order valence-corrected chi connectivity index (χ3v) is 13.7. The summed E-state index contributed by atoms with van der Waals surface area (Å²) in [5.74, 6) is -0.228. The van der Waals surface area contributed by atoms with E-state index in [0.29, 0.717) is 30.1 Å². The van der Waals surface area contributed by atoms with Crippen molar-refractivity contribution in [2.24, 2.45) is 17.3 Å². The molecule has 2 saturated carbocycles. The lowest BCUT2D eigenvalue weighted by Crippen LogP contribution is -2.45. The smallest absolute Gasteiger partial charge is 0.453 e. The molecular formula is C42H61F5O5S. The van der Waals surface area contributed by atoms with E-state index in [9.17, 15) is 22.0 Å². The fraction of sp³-hybridized carbons (Fsp3) is 0.810. The molecular weight excluding hydrogens is 712 g/mol. The Morgan fingerprint density at radius 2 is 1.49 bits per heavy atom. The number of alkyl halides is 5. The summed E-state index contributed by atoms with van der Waals surface area (Å²) in [6.07, 6.45) is 14.1. The fourth-order valence-electron chi connectivity index (χ4n) is 9.47. The standard InChI is InChI=1S/C42H61F5O5S/c1-40-22-20-32-31-17-16-30(51-38-14-7-10-24-49-38)28-34(31)36(29-33(32)35(40)18-19-37(40)52-39-15-8-11-25-50-39)48-23-9-5-3-2-4-6-12-26-53-27-13-21-41(43,44)42(45,46)47/h16-17,28-29,32-33,35,37-39H,2-15,18-27H2,1H3/t32-,33-,35+,37+,38+,39+,40+/m1/s1. The van der Waals surface area contributed by atoms with Crippen molar-refractivity contribution in [3.63, 3.8) is 0 Å². The van der Waals surface area contributed by atoms with Gasteiger partial charge in [0.25, 0.3) is 0 Å². The molecule has 1 aromatic rings. The quantitative estimate of drug-likeness (QED) is 0.103. The molecule has 1 aromatic carbocycles. The van der Waals surface area contributed by atoms with Crippen LogP contribution < -0.4 is 4.74 Å². The minimum atomic E-state index is -5.45. The molecule has 4 fully saturated rings. The van der Waals surface area contributed by atoms with E-state index in [2.05, 4.69) is 31.2 Å². The van der Waals surface area contributed by atoms with Gasteiger partial charge in [-0.15, -0.1) is 0 Å². The zero-order chi connectivity index (χ0) is 37.3. The number of fused-ring (bicyclic) bond motifs is 5. The van der Waals surface area contributed by atoms with Crippen LogP contribution in [0.25, 0.3) is 5.76 Å². The van der Waals surface area contributed by atoms with E-state index >= 15 is 0 Å². The number of ether oxygens (including phenoxy) is 5. The topological polar surface area (TPSA) is 46.2 Å². The molecule has 0 aromatic heterocycles. The molecule has 7 atom stereocenters. The molecule has 11 heteroatoms. The molecule has 0 amide bonds. The minimum Gasteiger partial charge on any atom is -0.493 e. The Morgan fingerprint density at radius 1 is 0.792 bits per heavy atom. The highest BCUT2D eigenvalue weighted by Gasteiger charge is 2.57. The van der Waals surface area contributed by atoms with Crippen molar-refractivity contribution in [3.8, 4) is 5.75 Å². The summed E-state index contributed by atoms with van der Waals surface area (Å²) < 4.78 is 94.5. The van der Waals surface area contributed by atoms with Crippen molar-refractivity contribution < 1.29 is 45.6 Å². The maximum absolute atomic E-state index is 13.0. The molecule has 0 spiro atoms. The zero-order valence-corrected chi connectivity index (χ0v) is 32.4. The molecule has 2 heterocycles. The highest BCUT2D eigenvalue weighted by atomic mass is 32.2. The zero-order valence-electron chi connectivity index (χ0n) is 31.6. The number of thioether (sulfide) groups is 1. The average molecular weight is 773 g/mol. The predicted octanol–water partition coefficient (Wildman–Crippen LogP) is 12.2. The molecule has 0 N–H and O–H groups in total. The average Bonchev–Trinajstić information content (AvgIpc) is 3.47. The van der Waals surface area contributed by atoms with Crippen LogP contribution in [0.5, 0.6) is 5.75 Å². The number of benzene rings is 1. The minimum absolute atomic E-state index is 0.0631. The molecule has 5 aliphatic rings. The van der Waals surface area contributed by atoms with E-state index < -0.39 is 18.5 Å². The normalized spacial score (nSPS) is 30.3. The van der Waals surface area contributed by atoms with Gasteiger partial charge in [-0.25, -0.2) is 0 Å². The molecule has 53 heavy (non-hydrogen) atoms. The van der Waals surface area contributed by atoms with Crippen molar-refractivity contribution in [1.82, 2.24) is 0 Å². The Kier molecular flexibility index (Phi) is 14.8. The van der Waals surface area contributed by atoms with Crippen LogP contribution >= 0.6 is 11.8 Å². The second-order valence-electron chi connectivity index (χ2n) is 16.3. The first-order valence-electron chi connectivity index (χ1n) is 20.6. The Bertz CT molecular complexity index is 1310. The largest absolute Gasteiger partial charge is 0.493 e. The maximum atomic E-state index is 13.0. The summed E-state index contributed by atoms with van der Waals surface area (Å²) in [7, 11) is 0. The lowest BCUT2D eigenvalue weighted by atomic mass is 9.57. The second kappa shape index (κ2) is 19.1. The van der Waals surface area contributed by atoms with E-state index in [1.54, 1.807) is 0 Å². The fourth-order valence-corrected chi connectivity index (χ4v) is 10.4. The Hall–Kier alpha value is -1.56. The monoisotopic (exact) mass is 772 g/mol. The number of halogens is 5. The van der Waals surface area contributed by atoms with Crippen molar-refractivity contribution >= 4 is 17.5 Å². The molecule has 2 aliphatic heterocycles. The van der Waals surface area contributed by atoms with Crippen LogP contribution in [0.15, 0.2) is 24.3 Å². The first kappa shape index (κ1) is 41.1. The third kappa shape index (κ3) is 10.6. The van der Waals surface area contributed by atoms with Crippen LogP contribution in [-0.2, 0) is 18.9 Å². The predicted molar refractivity (Wildman–Crippen MR) is 199 cm³/mol. The van der Waals surface area contributed by atoms with Gasteiger partial charge in [0.05, 0.1) is 19.3 Å². The number of rotatable bonds is 19. The van der Waals surface area contributed by atoms with Gasteiger partial charge in [0.1, 0.15) is 11.5 Å². The van der Waals surface area contributed by atoms with Gasteiger partial charge in [-0.3, -0.25) is 0 Å². The van der Waals surface area contributed by atoms with Gasteiger partial charge in [-0.05, 0) is 135 Å². The molecule has 5 nitrogen and oxygen atoms in total. The van der Waals surface area contributed by atoms with Gasteiger partial charge < -0.3 is 23.7 Å². The molecule has 6 rings (SSSR count). The highest BCUT2D eigenvalue weighted by Crippen LogP contribution is 2.62. The van der Waals surface area contributed by atoms with E-state index in [0.717, 1.165) is 139 Å². The SMILES string of the molecule is C[C@]12CC[C@@H]3c4ccc(O[C@H]5CCCCO5)cc4C(OCCCCCCCCCSCCCC(F)(F)C(F)(F)F)=C[C@H]3[C@@H]1CC[C@@H]2O[C@H]1CCCCO1. The van der Waals surface area contributed by atoms with E-state index in [4.69, 9.17) is 23.7 Å². The molecule has 2 saturated heterocycles. The lowest BCUT2D eigenvalue weighted by Gasteiger charge is -2.50. The van der Waals surface area contributed by atoms with Crippen LogP contribution in [0.3, 0.4) is 0 Å². The number of hydrogen-bond donors (Lipinski definition) is 0. The van der Waals surface area contributed by atoms with Gasteiger partial charge >= 0.3 is 12.1 Å². The molecule has 300 valence electrons. The van der Waals surface area contributed by atoms with Gasteiger partial charge in [-0.1, -0.05) is 45.1 Å². The summed E-state index contributed by atoms with van der Waals surface area (Å²) >= 11 is 1.47. The van der Waals surface area contributed by atoms with Crippen LogP contribution in [0.2, 0.25) is 0 Å². The first-order valence-corrected chi connectivity index (χ1v) is 21.8. The summed E-state index contributed by atoms with van der Waals surface area (Å²) in [5, 5.41) is 0.